The van der Waals surface area contributed by atoms with E-state index in [2.05, 4.69) is 26.4 Å². The van der Waals surface area contributed by atoms with Crippen molar-refractivity contribution in [2.75, 3.05) is 12.4 Å². The Hall–Kier alpha value is -2.33. The maximum Gasteiger partial charge on any atom is 0.408 e. The number of nitrogens with zero attached hydrogens (tertiary/aromatic N) is 2. The summed E-state index contributed by atoms with van der Waals surface area (Å²) in [6, 6.07) is 9.55. The zero-order chi connectivity index (χ0) is 20.3. The molecule has 1 aromatic carbocycles. The molecule has 0 radical (unpaired) electrons. The van der Waals surface area contributed by atoms with Gasteiger partial charge in [0.25, 0.3) is 0 Å². The van der Waals surface area contributed by atoms with E-state index in [0.717, 1.165) is 11.1 Å². The molecule has 28 heavy (non-hydrogen) atoms. The van der Waals surface area contributed by atoms with Crippen LogP contribution in [-0.2, 0) is 0 Å². The molecule has 0 aliphatic heterocycles. The number of aliphatic hydroxyl groups excluding tert-OH is 1. The van der Waals surface area contributed by atoms with Crippen LogP contribution in [0.4, 0.5) is 20.3 Å². The highest BCUT2D eigenvalue weighted by Crippen LogP contribution is 2.42. The number of ether oxygens (including phenoxy) is 1. The molecule has 0 saturated heterocycles. The summed E-state index contributed by atoms with van der Waals surface area (Å²) >= 11 is 0. The third kappa shape index (κ3) is 4.74. The predicted octanol–water partition coefficient (Wildman–Crippen LogP) is 3.65. The molecule has 1 heterocycles. The molecule has 0 bridgehead atoms. The van der Waals surface area contributed by atoms with Crippen molar-refractivity contribution in [2.45, 2.75) is 36.8 Å². The lowest BCUT2D eigenvalue weighted by Gasteiger charge is -2.34. The zero-order valence-corrected chi connectivity index (χ0v) is 16.3. The number of halogens is 2. The minimum absolute atomic E-state index is 0.0288. The Kier molecular flexibility index (Phi) is 6.09. The van der Waals surface area contributed by atoms with Crippen molar-refractivity contribution in [3.8, 4) is 11.8 Å². The second kappa shape index (κ2) is 8.36. The summed E-state index contributed by atoms with van der Waals surface area (Å²) in [5.41, 5.74) is 2.30. The zero-order valence-electron chi connectivity index (χ0n) is 15.2. The first-order valence-corrected chi connectivity index (χ1v) is 9.35. The lowest BCUT2D eigenvalue weighted by molar-refractivity contribution is -0.0892. The Bertz CT molecular complexity index is 862. The number of hydrogen-bond donors (Lipinski definition) is 3. The molecule has 1 aliphatic carbocycles. The lowest BCUT2D eigenvalue weighted by Crippen LogP contribution is -2.29. The van der Waals surface area contributed by atoms with E-state index in [1.54, 1.807) is 25.4 Å². The third-order valence-corrected chi connectivity index (χ3v) is 4.77. The van der Waals surface area contributed by atoms with Gasteiger partial charge in [-0.1, -0.05) is 0 Å². The van der Waals surface area contributed by atoms with Crippen molar-refractivity contribution < 1.29 is 18.6 Å². The van der Waals surface area contributed by atoms with Crippen LogP contribution in [0.1, 0.15) is 35.9 Å². The maximum absolute atomic E-state index is 12.9. The van der Waals surface area contributed by atoms with Gasteiger partial charge < -0.3 is 20.5 Å². The van der Waals surface area contributed by atoms with Crippen LogP contribution < -0.4 is 15.4 Å². The first-order chi connectivity index (χ1) is 13.3. The van der Waals surface area contributed by atoms with Crippen LogP contribution in [0.5, 0.6) is 5.75 Å². The summed E-state index contributed by atoms with van der Waals surface area (Å²) in [6.45, 7) is 0. The molecule has 1 fully saturated rings. The number of pyridine rings is 1. The van der Waals surface area contributed by atoms with E-state index in [9.17, 15) is 19.1 Å². The minimum Gasteiger partial charge on any atom is -0.430 e. The largest absolute Gasteiger partial charge is 0.430 e. The fourth-order valence-electron chi connectivity index (χ4n) is 3.26. The predicted molar refractivity (Wildman–Crippen MR) is 105 cm³/mol. The van der Waals surface area contributed by atoms with E-state index < -0.39 is 11.9 Å². The summed E-state index contributed by atoms with van der Waals surface area (Å²) in [6.07, 6.45) is 2.63. The average Bonchev–Trinajstić information content (AvgIpc) is 2.61. The second-order valence-electron chi connectivity index (χ2n) is 6.65. The summed E-state index contributed by atoms with van der Waals surface area (Å²) in [5, 5.41) is 25.3. The van der Waals surface area contributed by atoms with Gasteiger partial charge in [0.1, 0.15) is 17.6 Å². The number of nitriles is 1. The van der Waals surface area contributed by atoms with E-state index in [-0.39, 0.29) is 17.8 Å². The van der Waals surface area contributed by atoms with E-state index >= 15 is 0 Å². The Morgan fingerprint density at radius 2 is 2.00 bits per heavy atom. The normalized spacial score (nSPS) is 20.0. The fourth-order valence-corrected chi connectivity index (χ4v) is 3.40. The molecule has 1 aromatic heterocycles. The van der Waals surface area contributed by atoms with Crippen molar-refractivity contribution in [3.05, 3.63) is 47.7 Å². The highest BCUT2D eigenvalue weighted by Gasteiger charge is 2.33. The monoisotopic (exact) mass is 406 g/mol. The van der Waals surface area contributed by atoms with Crippen LogP contribution in [-0.4, -0.2) is 29.1 Å². The SMILES string of the molecule is CNC(C#N)c1c(C2CC(O)C2)ccnc1Nc1ccc(OC(F)(F)P)cc1. The Labute approximate surface area is 164 Å². The first kappa shape index (κ1) is 20.4. The quantitative estimate of drug-likeness (QED) is 0.608. The van der Waals surface area contributed by atoms with Gasteiger partial charge in [0, 0.05) is 17.4 Å². The van der Waals surface area contributed by atoms with Crippen LogP contribution in [0.25, 0.3) is 0 Å². The van der Waals surface area contributed by atoms with Crippen LogP contribution in [0.15, 0.2) is 36.5 Å². The molecule has 0 amide bonds. The van der Waals surface area contributed by atoms with Crippen molar-refractivity contribution in [2.24, 2.45) is 0 Å². The van der Waals surface area contributed by atoms with Gasteiger partial charge in [-0.15, -0.1) is 0 Å². The topological polar surface area (TPSA) is 90.2 Å². The minimum atomic E-state index is -3.34. The van der Waals surface area contributed by atoms with Crippen molar-refractivity contribution >= 4 is 20.7 Å². The number of nitrogens with one attached hydrogen (secondary N) is 2. The lowest BCUT2D eigenvalue weighted by atomic mass is 9.75. The number of hydrogen-bond acceptors (Lipinski definition) is 6. The highest BCUT2D eigenvalue weighted by molar-refractivity contribution is 7.17. The molecule has 1 saturated carbocycles. The third-order valence-electron chi connectivity index (χ3n) is 4.65. The Morgan fingerprint density at radius 3 is 2.54 bits per heavy atom. The standard InChI is InChI=1S/C19H21F2N4O2P/c1-23-16(10-22)17-15(11-8-13(26)9-11)6-7-24-18(17)25-12-2-4-14(5-3-12)27-19(20,21)28/h2-7,11,13,16,23,26H,8-9,28H2,1H3,(H,24,25). The molecular weight excluding hydrogens is 385 g/mol. The van der Waals surface area contributed by atoms with Gasteiger partial charge in [-0.05, 0) is 70.9 Å². The molecule has 2 atom stereocenters. The van der Waals surface area contributed by atoms with E-state index in [1.807, 2.05) is 6.07 Å². The number of alkyl halides is 2. The van der Waals surface area contributed by atoms with Gasteiger partial charge in [0.05, 0.1) is 12.2 Å². The van der Waals surface area contributed by atoms with E-state index in [0.29, 0.717) is 24.3 Å². The van der Waals surface area contributed by atoms with Gasteiger partial charge >= 0.3 is 5.85 Å². The average molecular weight is 406 g/mol. The summed E-state index contributed by atoms with van der Waals surface area (Å²) in [4.78, 5) is 4.37. The fraction of sp³-hybridized carbons (Fsp3) is 0.368. The van der Waals surface area contributed by atoms with Gasteiger partial charge in [-0.2, -0.15) is 14.0 Å². The molecule has 2 unspecified atom stereocenters. The molecule has 2 aromatic rings. The van der Waals surface area contributed by atoms with Crippen molar-refractivity contribution in [1.29, 1.82) is 5.26 Å². The summed E-state index contributed by atoms with van der Waals surface area (Å²) in [7, 11) is 3.02. The van der Waals surface area contributed by atoms with Crippen LogP contribution >= 0.6 is 9.24 Å². The van der Waals surface area contributed by atoms with Crippen LogP contribution in [0.3, 0.4) is 0 Å². The van der Waals surface area contributed by atoms with Gasteiger partial charge in [0.15, 0.2) is 0 Å². The van der Waals surface area contributed by atoms with Crippen LogP contribution in [0.2, 0.25) is 0 Å². The maximum atomic E-state index is 12.9. The number of benzene rings is 1. The molecule has 3 rings (SSSR count). The second-order valence-corrected chi connectivity index (χ2v) is 7.32. The highest BCUT2D eigenvalue weighted by atomic mass is 31.0. The van der Waals surface area contributed by atoms with E-state index in [1.165, 1.54) is 21.4 Å². The molecule has 9 heteroatoms. The number of aliphatic hydroxyl groups is 1. The molecule has 0 spiro atoms. The number of anilines is 2. The number of rotatable bonds is 7. The molecular formula is C19H21F2N4O2P. The molecule has 3 N–H and O–H groups in total. The molecule has 6 nitrogen and oxygen atoms in total. The van der Waals surface area contributed by atoms with Crippen molar-refractivity contribution in [3.63, 3.8) is 0 Å². The van der Waals surface area contributed by atoms with Crippen molar-refractivity contribution in [1.82, 2.24) is 10.3 Å². The summed E-state index contributed by atoms with van der Waals surface area (Å²) < 4.78 is 30.3. The van der Waals surface area contributed by atoms with Gasteiger partial charge in [-0.25, -0.2) is 4.98 Å². The van der Waals surface area contributed by atoms with Crippen LogP contribution in [0, 0.1) is 11.3 Å². The molecule has 1 aliphatic rings. The van der Waals surface area contributed by atoms with E-state index in [4.69, 9.17) is 0 Å². The Balaban J connectivity index is 1.89. The van der Waals surface area contributed by atoms with Gasteiger partial charge in [0.2, 0.25) is 0 Å². The smallest absolute Gasteiger partial charge is 0.408 e. The molecule has 148 valence electrons. The Morgan fingerprint density at radius 1 is 1.32 bits per heavy atom. The number of aromatic nitrogens is 1. The summed E-state index contributed by atoms with van der Waals surface area (Å²) in [5.74, 6) is -2.64. The van der Waals surface area contributed by atoms with Gasteiger partial charge in [-0.3, -0.25) is 0 Å². The first-order valence-electron chi connectivity index (χ1n) is 8.77.